The maximum absolute atomic E-state index is 10.3. The van der Waals surface area contributed by atoms with Gasteiger partial charge in [-0.05, 0) is 0 Å². The van der Waals surface area contributed by atoms with Crippen LogP contribution in [0.2, 0.25) is 0 Å². The highest BCUT2D eigenvalue weighted by Crippen LogP contribution is 1.84. The predicted molar refractivity (Wildman–Crippen MR) is 43.1 cm³/mol. The number of rotatable bonds is 2. The molecule has 0 heterocycles. The highest BCUT2D eigenvalue weighted by Gasteiger charge is 1.99. The fourth-order valence-corrected chi connectivity index (χ4v) is 0.806. The molecule has 1 aromatic rings. The van der Waals surface area contributed by atoms with Crippen LogP contribution in [0.3, 0.4) is 0 Å². The van der Waals surface area contributed by atoms with Gasteiger partial charge in [-0.2, -0.15) is 0 Å². The highest BCUT2D eigenvalue weighted by molar-refractivity contribution is 7.04. The normalized spacial score (nSPS) is 8.90. The van der Waals surface area contributed by atoms with Gasteiger partial charge in [0.1, 0.15) is 0 Å². The fraction of sp³-hybridized carbons (Fsp3) is 0. The second kappa shape index (κ2) is 3.42. The molecule has 0 N–H and O–H groups in total. The zero-order chi connectivity index (χ0) is 7.40. The molecule has 49 valence electrons. The quantitative estimate of drug-likeness (QED) is 0.461. The van der Waals surface area contributed by atoms with Crippen LogP contribution in [0.1, 0.15) is 0 Å². The Bertz CT molecular complexity index is 222. The van der Waals surface area contributed by atoms with Crippen molar-refractivity contribution in [1.82, 2.24) is 0 Å². The molecule has 0 aliphatic carbocycles. The van der Waals surface area contributed by atoms with Crippen molar-refractivity contribution >= 4 is 29.5 Å². The molecule has 0 aliphatic heterocycles. The van der Waals surface area contributed by atoms with E-state index >= 15 is 0 Å². The van der Waals surface area contributed by atoms with E-state index in [9.17, 15) is 4.79 Å². The standard InChI is InChI=1S/C7H5BClO/c9-7(10)8-6-4-2-1-3-5-6/h1-5H. The van der Waals surface area contributed by atoms with Crippen molar-refractivity contribution in [2.45, 2.75) is 0 Å². The van der Waals surface area contributed by atoms with Gasteiger partial charge in [0.25, 0.3) is 7.28 Å². The summed E-state index contributed by atoms with van der Waals surface area (Å²) in [6, 6.07) is 9.23. The number of benzene rings is 1. The van der Waals surface area contributed by atoms with Crippen LogP contribution in [0.5, 0.6) is 0 Å². The van der Waals surface area contributed by atoms with Crippen LogP contribution in [0, 0.1) is 0 Å². The SMILES string of the molecule is O=C(Cl)[B]c1ccccc1. The van der Waals surface area contributed by atoms with Gasteiger partial charge in [-0.15, -0.1) is 0 Å². The van der Waals surface area contributed by atoms with Crippen molar-refractivity contribution in [3.05, 3.63) is 30.3 Å². The molecule has 0 amide bonds. The maximum Gasteiger partial charge on any atom is 0.263 e. The van der Waals surface area contributed by atoms with Crippen molar-refractivity contribution in [2.75, 3.05) is 0 Å². The molecule has 1 radical (unpaired) electrons. The van der Waals surface area contributed by atoms with Crippen LogP contribution in [0.4, 0.5) is 4.79 Å². The first-order valence-electron chi connectivity index (χ1n) is 2.88. The molecule has 0 spiro atoms. The molecule has 0 saturated heterocycles. The molecule has 0 aliphatic rings. The number of carbonyl (C=O) groups is 1. The Kier molecular flexibility index (Phi) is 2.52. The Morgan fingerprint density at radius 2 is 1.90 bits per heavy atom. The van der Waals surface area contributed by atoms with E-state index in [0.29, 0.717) is 0 Å². The molecule has 3 heteroatoms. The lowest BCUT2D eigenvalue weighted by atomic mass is 9.72. The molecule has 1 aromatic carbocycles. The van der Waals surface area contributed by atoms with E-state index in [0.717, 1.165) is 5.46 Å². The third kappa shape index (κ3) is 2.23. The number of carbonyl (C=O) groups excluding carboxylic acids is 1. The van der Waals surface area contributed by atoms with Gasteiger partial charge >= 0.3 is 0 Å². The van der Waals surface area contributed by atoms with Gasteiger partial charge in [0, 0.05) is 0 Å². The van der Waals surface area contributed by atoms with Gasteiger partial charge in [0.05, 0.1) is 0 Å². The second-order valence-corrected chi connectivity index (χ2v) is 2.23. The van der Waals surface area contributed by atoms with E-state index in [1.165, 1.54) is 7.28 Å². The first-order valence-corrected chi connectivity index (χ1v) is 3.26. The lowest BCUT2D eigenvalue weighted by molar-refractivity contribution is 0.274. The Labute approximate surface area is 65.2 Å². The summed E-state index contributed by atoms with van der Waals surface area (Å²) in [5, 5.41) is -0.439. The Morgan fingerprint density at radius 1 is 1.30 bits per heavy atom. The summed E-state index contributed by atoms with van der Waals surface area (Å²) in [6.07, 6.45) is 0. The van der Waals surface area contributed by atoms with E-state index in [1.54, 1.807) is 0 Å². The molecule has 10 heavy (non-hydrogen) atoms. The first-order chi connectivity index (χ1) is 4.79. The molecule has 0 unspecified atom stereocenters. The minimum Gasteiger partial charge on any atom is -0.294 e. The summed E-state index contributed by atoms with van der Waals surface area (Å²) in [6.45, 7) is 0. The Hall–Kier alpha value is -0.755. The summed E-state index contributed by atoms with van der Waals surface area (Å²) in [4.78, 5) is 10.3. The third-order valence-electron chi connectivity index (χ3n) is 1.08. The Balaban J connectivity index is 2.67. The molecule has 1 nitrogen and oxygen atoms in total. The van der Waals surface area contributed by atoms with Crippen molar-refractivity contribution in [3.8, 4) is 0 Å². The summed E-state index contributed by atoms with van der Waals surface area (Å²) in [5.74, 6) is 0. The zero-order valence-corrected chi connectivity index (χ0v) is 6.01. The second-order valence-electron chi connectivity index (χ2n) is 1.86. The van der Waals surface area contributed by atoms with Gasteiger partial charge in [0.2, 0.25) is 0 Å². The van der Waals surface area contributed by atoms with Crippen molar-refractivity contribution in [1.29, 1.82) is 0 Å². The van der Waals surface area contributed by atoms with Crippen LogP contribution in [0.15, 0.2) is 30.3 Å². The molecule has 0 saturated carbocycles. The summed E-state index contributed by atoms with van der Waals surface area (Å²) in [5.41, 5.74) is 0.836. The smallest absolute Gasteiger partial charge is 0.263 e. The minimum atomic E-state index is -0.439. The van der Waals surface area contributed by atoms with Gasteiger partial charge in [0.15, 0.2) is 5.14 Å². The molecule has 0 fully saturated rings. The van der Waals surface area contributed by atoms with Gasteiger partial charge in [-0.1, -0.05) is 47.4 Å². The van der Waals surface area contributed by atoms with E-state index < -0.39 is 5.14 Å². The zero-order valence-electron chi connectivity index (χ0n) is 5.25. The molecular formula is C7H5BClO. The van der Waals surface area contributed by atoms with Gasteiger partial charge < -0.3 is 0 Å². The van der Waals surface area contributed by atoms with Crippen molar-refractivity contribution < 1.29 is 4.79 Å². The highest BCUT2D eigenvalue weighted by atomic mass is 35.5. The average Bonchev–Trinajstić information content (AvgIpc) is 1.88. The fourth-order valence-electron chi connectivity index (χ4n) is 0.680. The van der Waals surface area contributed by atoms with Crippen LogP contribution >= 0.6 is 11.6 Å². The van der Waals surface area contributed by atoms with E-state index in [4.69, 9.17) is 11.6 Å². The molecular weight excluding hydrogens is 146 g/mol. The lowest BCUT2D eigenvalue weighted by Crippen LogP contribution is -2.17. The number of hydrogen-bond donors (Lipinski definition) is 0. The monoisotopic (exact) mass is 151 g/mol. The number of halogens is 1. The average molecular weight is 151 g/mol. The summed E-state index contributed by atoms with van der Waals surface area (Å²) >= 11 is 5.12. The molecule has 1 rings (SSSR count). The van der Waals surface area contributed by atoms with Crippen LogP contribution in [-0.4, -0.2) is 12.4 Å². The van der Waals surface area contributed by atoms with E-state index in [2.05, 4.69) is 0 Å². The molecule has 0 bridgehead atoms. The third-order valence-corrected chi connectivity index (χ3v) is 1.19. The van der Waals surface area contributed by atoms with E-state index in [1.807, 2.05) is 30.3 Å². The van der Waals surface area contributed by atoms with Crippen LogP contribution in [0.25, 0.3) is 0 Å². The van der Waals surface area contributed by atoms with Crippen LogP contribution < -0.4 is 5.46 Å². The maximum atomic E-state index is 10.3. The Morgan fingerprint density at radius 3 is 2.40 bits per heavy atom. The van der Waals surface area contributed by atoms with E-state index in [-0.39, 0.29) is 0 Å². The molecule has 0 atom stereocenters. The van der Waals surface area contributed by atoms with Gasteiger partial charge in [-0.3, -0.25) is 4.79 Å². The lowest BCUT2D eigenvalue weighted by Gasteiger charge is -1.90. The van der Waals surface area contributed by atoms with Crippen molar-refractivity contribution in [2.24, 2.45) is 0 Å². The first kappa shape index (κ1) is 7.35. The topological polar surface area (TPSA) is 17.1 Å². The summed E-state index contributed by atoms with van der Waals surface area (Å²) < 4.78 is 0. The van der Waals surface area contributed by atoms with Crippen molar-refractivity contribution in [3.63, 3.8) is 0 Å². The predicted octanol–water partition coefficient (Wildman–Crippen LogP) is 1.37. The summed E-state index contributed by atoms with van der Waals surface area (Å²) in [7, 11) is 1.38. The largest absolute Gasteiger partial charge is 0.294 e. The van der Waals surface area contributed by atoms with Crippen LogP contribution in [-0.2, 0) is 0 Å². The van der Waals surface area contributed by atoms with Gasteiger partial charge in [-0.25, -0.2) is 0 Å². The minimum absolute atomic E-state index is 0.439. The number of hydrogen-bond acceptors (Lipinski definition) is 1. The molecule has 0 aromatic heterocycles.